The van der Waals surface area contributed by atoms with Crippen molar-refractivity contribution < 1.29 is 9.59 Å². The highest BCUT2D eigenvalue weighted by molar-refractivity contribution is 5.90. The van der Waals surface area contributed by atoms with Crippen molar-refractivity contribution in [1.82, 2.24) is 15.1 Å². The maximum atomic E-state index is 13.0. The van der Waals surface area contributed by atoms with Crippen LogP contribution in [0.3, 0.4) is 0 Å². The number of carbonyl (C=O) groups excluding carboxylic acids is 2. The second-order valence-electron chi connectivity index (χ2n) is 8.77. The van der Waals surface area contributed by atoms with E-state index in [1.54, 1.807) is 0 Å². The molecule has 2 saturated heterocycles. The average molecular weight is 421 g/mol. The minimum Gasteiger partial charge on any atom is -0.353 e. The second kappa shape index (κ2) is 9.62. The summed E-state index contributed by atoms with van der Waals surface area (Å²) >= 11 is 0. The third-order valence-electron chi connectivity index (χ3n) is 6.62. The highest BCUT2D eigenvalue weighted by Crippen LogP contribution is 2.28. The number of likely N-dealkylation sites (tertiary alicyclic amines) is 1. The van der Waals surface area contributed by atoms with Gasteiger partial charge >= 0.3 is 0 Å². The maximum absolute atomic E-state index is 13.0. The number of fused-ring (bicyclic) bond motifs is 1. The molecule has 0 aliphatic carbocycles. The average Bonchev–Trinajstić information content (AvgIpc) is 3.14. The molecule has 31 heavy (non-hydrogen) atoms. The Labute approximate surface area is 184 Å². The van der Waals surface area contributed by atoms with Crippen LogP contribution in [0.5, 0.6) is 0 Å². The van der Waals surface area contributed by atoms with Crippen molar-refractivity contribution >= 4 is 17.5 Å². The first kappa shape index (κ1) is 21.5. The predicted octanol–water partition coefficient (Wildman–Crippen LogP) is 2.79. The zero-order valence-electron chi connectivity index (χ0n) is 18.4. The zero-order chi connectivity index (χ0) is 21.8. The normalized spacial score (nSPS) is 24.3. The van der Waals surface area contributed by atoms with Gasteiger partial charge in [0.2, 0.25) is 11.8 Å². The molecule has 0 saturated carbocycles. The van der Waals surface area contributed by atoms with Gasteiger partial charge in [-0.15, -0.1) is 0 Å². The lowest BCUT2D eigenvalue weighted by Gasteiger charge is -2.33. The molecule has 2 aromatic carbocycles. The molecule has 2 heterocycles. The van der Waals surface area contributed by atoms with Gasteiger partial charge in [-0.25, -0.2) is 0 Å². The molecule has 2 amide bonds. The Morgan fingerprint density at radius 3 is 2.61 bits per heavy atom. The molecule has 0 unspecified atom stereocenters. The molecule has 4 rings (SSSR count). The fourth-order valence-corrected chi connectivity index (χ4v) is 4.80. The van der Waals surface area contributed by atoms with Crippen LogP contribution in [-0.4, -0.2) is 59.9 Å². The summed E-state index contributed by atoms with van der Waals surface area (Å²) in [6.45, 7) is 4.36. The fraction of sp³-hybridized carbons (Fsp3) is 0.440. The minimum absolute atomic E-state index is 0.0131. The number of aryl methyl sites for hydroxylation is 1. The number of carbonyl (C=O) groups is 2. The van der Waals surface area contributed by atoms with Gasteiger partial charge in [-0.1, -0.05) is 48.0 Å². The van der Waals surface area contributed by atoms with E-state index in [4.69, 9.17) is 0 Å². The van der Waals surface area contributed by atoms with Crippen LogP contribution < -0.4 is 10.6 Å². The molecule has 0 spiro atoms. The number of para-hydroxylation sites is 1. The molecule has 2 aromatic rings. The number of amides is 2. The fourth-order valence-electron chi connectivity index (χ4n) is 4.80. The van der Waals surface area contributed by atoms with E-state index >= 15 is 0 Å². The van der Waals surface area contributed by atoms with Gasteiger partial charge in [0.25, 0.3) is 0 Å². The van der Waals surface area contributed by atoms with Gasteiger partial charge in [0.05, 0.1) is 0 Å². The molecule has 6 nitrogen and oxygen atoms in total. The third kappa shape index (κ3) is 5.14. The lowest BCUT2D eigenvalue weighted by atomic mass is 10.0. The van der Waals surface area contributed by atoms with Gasteiger partial charge in [-0.05, 0) is 44.5 Å². The summed E-state index contributed by atoms with van der Waals surface area (Å²) in [4.78, 5) is 30.0. The Morgan fingerprint density at radius 2 is 1.87 bits per heavy atom. The third-order valence-corrected chi connectivity index (χ3v) is 6.62. The maximum Gasteiger partial charge on any atom is 0.239 e. The Bertz CT molecular complexity index is 899. The molecule has 6 heteroatoms. The van der Waals surface area contributed by atoms with Gasteiger partial charge in [0.1, 0.15) is 6.04 Å². The van der Waals surface area contributed by atoms with E-state index in [9.17, 15) is 9.59 Å². The van der Waals surface area contributed by atoms with Gasteiger partial charge in [-0.3, -0.25) is 19.4 Å². The van der Waals surface area contributed by atoms with Crippen molar-refractivity contribution in [1.29, 1.82) is 0 Å². The summed E-state index contributed by atoms with van der Waals surface area (Å²) < 4.78 is 0. The summed E-state index contributed by atoms with van der Waals surface area (Å²) in [5, 5.41) is 6.09. The number of likely N-dealkylation sites (N-methyl/N-ethyl adjacent to an activating group) is 1. The van der Waals surface area contributed by atoms with Crippen molar-refractivity contribution in [2.24, 2.45) is 0 Å². The molecule has 3 atom stereocenters. The number of nitrogens with zero attached hydrogens (tertiary/aromatic N) is 2. The smallest absolute Gasteiger partial charge is 0.239 e. The molecular formula is C25H32N4O2. The van der Waals surface area contributed by atoms with Crippen LogP contribution in [0, 0.1) is 6.92 Å². The van der Waals surface area contributed by atoms with Crippen molar-refractivity contribution in [3.8, 4) is 0 Å². The largest absolute Gasteiger partial charge is 0.353 e. The molecule has 0 aromatic heterocycles. The number of nitrogens with one attached hydrogen (secondary N) is 2. The molecule has 2 aliphatic heterocycles. The quantitative estimate of drug-likeness (QED) is 0.754. The first-order chi connectivity index (χ1) is 15.0. The first-order valence-corrected chi connectivity index (χ1v) is 11.2. The summed E-state index contributed by atoms with van der Waals surface area (Å²) in [5.74, 6) is 0.122. The monoisotopic (exact) mass is 420 g/mol. The Balaban J connectivity index is 1.36. The highest BCUT2D eigenvalue weighted by Gasteiger charge is 2.44. The van der Waals surface area contributed by atoms with Crippen molar-refractivity contribution in [3.05, 3.63) is 65.7 Å². The SMILES string of the molecule is Cc1ccc(CN2CC[C@H]3[C@H]2C(=O)NC[C@H](CCC(=O)Nc2ccccc2)N3C)cc1. The highest BCUT2D eigenvalue weighted by atomic mass is 16.2. The summed E-state index contributed by atoms with van der Waals surface area (Å²) in [5.41, 5.74) is 3.30. The van der Waals surface area contributed by atoms with E-state index in [0.717, 1.165) is 31.6 Å². The molecule has 0 radical (unpaired) electrons. The topological polar surface area (TPSA) is 64.7 Å². The first-order valence-electron chi connectivity index (χ1n) is 11.2. The number of benzene rings is 2. The van der Waals surface area contributed by atoms with Crippen LogP contribution in [0.1, 0.15) is 30.4 Å². The van der Waals surface area contributed by atoms with Crippen LogP contribution in [0.2, 0.25) is 0 Å². The minimum atomic E-state index is -0.144. The standard InChI is InChI=1S/C25H32N4O2/c1-18-8-10-19(11-9-18)17-29-15-14-22-24(29)25(31)26-16-21(28(22)2)12-13-23(30)27-20-6-4-3-5-7-20/h3-11,21-22,24H,12-17H2,1-2H3,(H,26,31)(H,27,30)/t21-,22-,24-/m0/s1. The van der Waals surface area contributed by atoms with Crippen LogP contribution >= 0.6 is 0 Å². The van der Waals surface area contributed by atoms with Crippen LogP contribution in [0.4, 0.5) is 5.69 Å². The Morgan fingerprint density at radius 1 is 1.13 bits per heavy atom. The predicted molar refractivity (Wildman–Crippen MR) is 123 cm³/mol. The van der Waals surface area contributed by atoms with Crippen molar-refractivity contribution in [2.45, 2.75) is 50.9 Å². The lowest BCUT2D eigenvalue weighted by molar-refractivity contribution is -0.126. The van der Waals surface area contributed by atoms with E-state index in [1.165, 1.54) is 11.1 Å². The lowest BCUT2D eigenvalue weighted by Crippen LogP contribution is -2.49. The summed E-state index contributed by atoms with van der Waals surface area (Å²) in [7, 11) is 2.10. The van der Waals surface area contributed by atoms with E-state index in [1.807, 2.05) is 30.3 Å². The number of hydrogen-bond donors (Lipinski definition) is 2. The molecule has 0 bridgehead atoms. The summed E-state index contributed by atoms with van der Waals surface area (Å²) in [6.07, 6.45) is 2.12. The molecular weight excluding hydrogens is 388 g/mol. The zero-order valence-corrected chi connectivity index (χ0v) is 18.4. The van der Waals surface area contributed by atoms with E-state index < -0.39 is 0 Å². The number of anilines is 1. The number of rotatable bonds is 6. The van der Waals surface area contributed by atoms with Crippen molar-refractivity contribution in [2.75, 3.05) is 25.5 Å². The number of hydrogen-bond acceptors (Lipinski definition) is 4. The molecule has 2 N–H and O–H groups in total. The van der Waals surface area contributed by atoms with Gasteiger partial charge < -0.3 is 10.6 Å². The van der Waals surface area contributed by atoms with Crippen LogP contribution in [-0.2, 0) is 16.1 Å². The van der Waals surface area contributed by atoms with Gasteiger partial charge in [0, 0.05) is 43.8 Å². The molecule has 164 valence electrons. The Kier molecular flexibility index (Phi) is 6.68. The molecule has 2 fully saturated rings. The second-order valence-corrected chi connectivity index (χ2v) is 8.77. The van der Waals surface area contributed by atoms with Crippen LogP contribution in [0.25, 0.3) is 0 Å². The van der Waals surface area contributed by atoms with Crippen LogP contribution in [0.15, 0.2) is 54.6 Å². The van der Waals surface area contributed by atoms with Gasteiger partial charge in [0.15, 0.2) is 0 Å². The Hall–Kier alpha value is -2.70. The van der Waals surface area contributed by atoms with E-state index in [0.29, 0.717) is 13.0 Å². The molecule has 2 aliphatic rings. The summed E-state index contributed by atoms with van der Waals surface area (Å²) in [6, 6.07) is 18.3. The van der Waals surface area contributed by atoms with E-state index in [-0.39, 0.29) is 29.9 Å². The van der Waals surface area contributed by atoms with Crippen molar-refractivity contribution in [3.63, 3.8) is 0 Å². The van der Waals surface area contributed by atoms with E-state index in [2.05, 4.69) is 58.7 Å². The van der Waals surface area contributed by atoms with Gasteiger partial charge in [-0.2, -0.15) is 0 Å².